The summed E-state index contributed by atoms with van der Waals surface area (Å²) < 4.78 is 11.0. The van der Waals surface area contributed by atoms with E-state index in [0.29, 0.717) is 12.5 Å². The fraction of sp³-hybridized carbons (Fsp3) is 0.824. The predicted molar refractivity (Wildman–Crippen MR) is 88.5 cm³/mol. The van der Waals surface area contributed by atoms with Crippen LogP contribution in [0.25, 0.3) is 0 Å². The Hall–Kier alpha value is -1.47. The number of amides is 1. The molecule has 0 saturated carbocycles. The molecule has 0 spiro atoms. The second kappa shape index (κ2) is 7.61. The van der Waals surface area contributed by atoms with Gasteiger partial charge in [-0.3, -0.25) is 9.69 Å². The lowest BCUT2D eigenvalue weighted by Gasteiger charge is -2.26. The van der Waals surface area contributed by atoms with Crippen molar-refractivity contribution in [2.45, 2.75) is 58.1 Å². The van der Waals surface area contributed by atoms with E-state index in [9.17, 15) is 4.79 Å². The third-order valence-electron chi connectivity index (χ3n) is 4.93. The minimum atomic E-state index is -0.224. The maximum atomic E-state index is 12.5. The lowest BCUT2D eigenvalue weighted by Crippen LogP contribution is -2.41. The van der Waals surface area contributed by atoms with Gasteiger partial charge in [-0.1, -0.05) is 19.0 Å². The van der Waals surface area contributed by atoms with Crippen LogP contribution in [-0.2, 0) is 9.53 Å². The molecule has 2 aliphatic rings. The van der Waals surface area contributed by atoms with Gasteiger partial charge >= 0.3 is 0 Å². The van der Waals surface area contributed by atoms with Gasteiger partial charge in [-0.05, 0) is 26.2 Å². The lowest BCUT2D eigenvalue weighted by molar-refractivity contribution is -0.140. The minimum Gasteiger partial charge on any atom is -0.368 e. The van der Waals surface area contributed by atoms with Gasteiger partial charge in [-0.15, -0.1) is 0 Å². The van der Waals surface area contributed by atoms with Crippen LogP contribution >= 0.6 is 0 Å². The molecule has 1 amide bonds. The van der Waals surface area contributed by atoms with Gasteiger partial charge in [0.1, 0.15) is 6.10 Å². The van der Waals surface area contributed by atoms with Crippen LogP contribution in [0.15, 0.2) is 4.52 Å². The normalized spacial score (nSPS) is 24.3. The van der Waals surface area contributed by atoms with Crippen LogP contribution in [0.1, 0.15) is 63.7 Å². The molecule has 2 atom stereocenters. The maximum Gasteiger partial charge on any atom is 0.251 e. The first-order valence-corrected chi connectivity index (χ1v) is 9.04. The Kier molecular flexibility index (Phi) is 5.50. The summed E-state index contributed by atoms with van der Waals surface area (Å²) in [6.07, 6.45) is 2.57. The highest BCUT2D eigenvalue weighted by atomic mass is 16.5. The predicted octanol–water partition coefficient (Wildman–Crippen LogP) is 1.97. The maximum absolute atomic E-state index is 12.5. The average molecular weight is 336 g/mol. The van der Waals surface area contributed by atoms with Crippen molar-refractivity contribution < 1.29 is 14.1 Å². The number of nitrogens with zero attached hydrogens (tertiary/aromatic N) is 4. The van der Waals surface area contributed by atoms with Crippen LogP contribution in [0.4, 0.5) is 0 Å². The van der Waals surface area contributed by atoms with Crippen molar-refractivity contribution in [1.82, 2.24) is 19.9 Å². The third kappa shape index (κ3) is 3.78. The van der Waals surface area contributed by atoms with Crippen LogP contribution in [0.3, 0.4) is 0 Å². The summed E-state index contributed by atoms with van der Waals surface area (Å²) in [5.41, 5.74) is 0. The number of carbonyl (C=O) groups is 1. The summed E-state index contributed by atoms with van der Waals surface area (Å²) >= 11 is 0. The van der Waals surface area contributed by atoms with Crippen molar-refractivity contribution in [1.29, 1.82) is 0 Å². The van der Waals surface area contributed by atoms with Gasteiger partial charge in [0.05, 0.1) is 6.04 Å². The number of aromatic nitrogens is 2. The molecule has 3 rings (SSSR count). The topological polar surface area (TPSA) is 71.7 Å². The zero-order chi connectivity index (χ0) is 17.1. The SMILES string of the molecule is CC(C)c1noc(C(C)N2CCCN(C(=O)C3CCCO3)CC2)n1. The van der Waals surface area contributed by atoms with Crippen LogP contribution in [0.5, 0.6) is 0 Å². The van der Waals surface area contributed by atoms with Gasteiger partial charge in [-0.2, -0.15) is 4.98 Å². The Balaban J connectivity index is 1.58. The summed E-state index contributed by atoms with van der Waals surface area (Å²) in [5.74, 6) is 1.83. The first-order chi connectivity index (χ1) is 11.6. The van der Waals surface area contributed by atoms with Gasteiger partial charge in [0.25, 0.3) is 5.91 Å². The molecule has 134 valence electrons. The molecule has 24 heavy (non-hydrogen) atoms. The molecule has 3 heterocycles. The molecule has 0 radical (unpaired) electrons. The van der Waals surface area contributed by atoms with E-state index in [1.165, 1.54) is 0 Å². The molecular formula is C17H28N4O3. The molecule has 1 aromatic heterocycles. The second-order valence-electron chi connectivity index (χ2n) is 7.04. The molecule has 0 aliphatic carbocycles. The minimum absolute atomic E-state index is 0.0720. The van der Waals surface area contributed by atoms with Crippen LogP contribution in [0, 0.1) is 0 Å². The highest BCUT2D eigenvalue weighted by molar-refractivity contribution is 5.81. The number of hydrogen-bond acceptors (Lipinski definition) is 6. The van der Waals surface area contributed by atoms with Crippen LogP contribution < -0.4 is 0 Å². The summed E-state index contributed by atoms with van der Waals surface area (Å²) in [5, 5.41) is 4.06. The van der Waals surface area contributed by atoms with E-state index < -0.39 is 0 Å². The highest BCUT2D eigenvalue weighted by Crippen LogP contribution is 2.23. The van der Waals surface area contributed by atoms with Gasteiger partial charge in [0.2, 0.25) is 5.89 Å². The van der Waals surface area contributed by atoms with E-state index in [-0.39, 0.29) is 24.0 Å². The van der Waals surface area contributed by atoms with E-state index in [0.717, 1.165) is 51.3 Å². The molecule has 2 aliphatic heterocycles. The lowest BCUT2D eigenvalue weighted by atomic mass is 10.2. The van der Waals surface area contributed by atoms with Crippen molar-refractivity contribution in [2.75, 3.05) is 32.8 Å². The van der Waals surface area contributed by atoms with Crippen molar-refractivity contribution in [3.8, 4) is 0 Å². The average Bonchev–Trinajstić information content (AvgIpc) is 3.21. The standard InChI is InChI=1S/C17H28N4O3/c1-12(2)15-18-16(24-19-15)13(3)20-7-5-8-21(10-9-20)17(22)14-6-4-11-23-14/h12-14H,4-11H2,1-3H3. The van der Waals surface area contributed by atoms with Crippen LogP contribution in [-0.4, -0.2) is 64.7 Å². The fourth-order valence-corrected chi connectivity index (χ4v) is 3.33. The molecule has 7 heteroatoms. The number of carbonyl (C=O) groups excluding carboxylic acids is 1. The van der Waals surface area contributed by atoms with Crippen molar-refractivity contribution in [3.63, 3.8) is 0 Å². The monoisotopic (exact) mass is 336 g/mol. The molecule has 2 saturated heterocycles. The second-order valence-corrected chi connectivity index (χ2v) is 7.04. The molecule has 1 aromatic rings. The molecule has 0 aromatic carbocycles. The smallest absolute Gasteiger partial charge is 0.251 e. The highest BCUT2D eigenvalue weighted by Gasteiger charge is 2.31. The van der Waals surface area contributed by atoms with Crippen molar-refractivity contribution in [2.24, 2.45) is 0 Å². The first kappa shape index (κ1) is 17.4. The Bertz CT molecular complexity index is 554. The van der Waals surface area contributed by atoms with Crippen molar-refractivity contribution in [3.05, 3.63) is 11.7 Å². The molecule has 2 fully saturated rings. The van der Waals surface area contributed by atoms with Crippen LogP contribution in [0.2, 0.25) is 0 Å². The van der Waals surface area contributed by atoms with E-state index >= 15 is 0 Å². The molecule has 2 unspecified atom stereocenters. The molecule has 7 nitrogen and oxygen atoms in total. The molecular weight excluding hydrogens is 308 g/mol. The third-order valence-corrected chi connectivity index (χ3v) is 4.93. The number of hydrogen-bond donors (Lipinski definition) is 0. The number of ether oxygens (including phenoxy) is 1. The Labute approximate surface area is 143 Å². The fourth-order valence-electron chi connectivity index (χ4n) is 3.33. The zero-order valence-corrected chi connectivity index (χ0v) is 14.9. The quantitative estimate of drug-likeness (QED) is 0.837. The molecule has 0 bridgehead atoms. The van der Waals surface area contributed by atoms with Gasteiger partial charge in [0, 0.05) is 38.7 Å². The Morgan fingerprint density at radius 3 is 2.67 bits per heavy atom. The van der Waals surface area contributed by atoms with Gasteiger partial charge in [0.15, 0.2) is 5.82 Å². The van der Waals surface area contributed by atoms with E-state index in [1.54, 1.807) is 0 Å². The Morgan fingerprint density at radius 1 is 1.17 bits per heavy atom. The summed E-state index contributed by atoms with van der Waals surface area (Å²) in [7, 11) is 0. The molecule has 0 N–H and O–H groups in total. The van der Waals surface area contributed by atoms with Gasteiger partial charge in [-0.25, -0.2) is 0 Å². The first-order valence-electron chi connectivity index (χ1n) is 9.04. The Morgan fingerprint density at radius 2 is 2.00 bits per heavy atom. The summed E-state index contributed by atoms with van der Waals surface area (Å²) in [6.45, 7) is 10.2. The summed E-state index contributed by atoms with van der Waals surface area (Å²) in [4.78, 5) is 21.3. The summed E-state index contributed by atoms with van der Waals surface area (Å²) in [6, 6.07) is 0.0720. The van der Waals surface area contributed by atoms with Gasteiger partial charge < -0.3 is 14.2 Å². The van der Waals surface area contributed by atoms with E-state index in [4.69, 9.17) is 9.26 Å². The zero-order valence-electron chi connectivity index (χ0n) is 14.9. The van der Waals surface area contributed by atoms with E-state index in [2.05, 4.69) is 35.8 Å². The largest absolute Gasteiger partial charge is 0.368 e. The number of rotatable bonds is 4. The van der Waals surface area contributed by atoms with E-state index in [1.807, 2.05) is 4.90 Å². The van der Waals surface area contributed by atoms with Crippen molar-refractivity contribution >= 4 is 5.91 Å².